The molecule has 0 saturated carbocycles. The van der Waals surface area contributed by atoms with Gasteiger partial charge in [-0.15, -0.1) is 0 Å². The Balaban J connectivity index is 0.00000225. The lowest BCUT2D eigenvalue weighted by Gasteiger charge is -2.22. The van der Waals surface area contributed by atoms with Crippen LogP contribution in [0.25, 0.3) is 22.3 Å². The maximum atomic E-state index is 11.7. The van der Waals surface area contributed by atoms with Crippen LogP contribution < -0.4 is 9.64 Å². The molecular weight excluding hydrogens is 342 g/mol. The molecule has 4 rings (SSSR count). The van der Waals surface area contributed by atoms with Crippen LogP contribution >= 0.6 is 0 Å². The summed E-state index contributed by atoms with van der Waals surface area (Å²) in [6, 6.07) is 8.03. The van der Waals surface area contributed by atoms with Crippen molar-refractivity contribution in [2.45, 2.75) is 13.3 Å². The lowest BCUT2D eigenvalue weighted by atomic mass is 10.1. The molecule has 1 fully saturated rings. The number of rotatable bonds is 3. The van der Waals surface area contributed by atoms with Gasteiger partial charge in [-0.25, -0.2) is 9.97 Å². The van der Waals surface area contributed by atoms with E-state index < -0.39 is 0 Å². The molecule has 27 heavy (non-hydrogen) atoms. The standard InChI is InChI=1S/C20H23N5O2.H2/c1-14(26)24-7-4-8-25(10-9-24)19-6-3-5-18(23-19)17-13-22-20-16(17)11-15(27-2)12-21-20;/h3,5-6,11-13H,4,7-10H2,1-2H3,(H,21,22);1H. The molecule has 7 nitrogen and oxygen atoms in total. The number of nitrogens with one attached hydrogen (secondary N) is 1. The summed E-state index contributed by atoms with van der Waals surface area (Å²) >= 11 is 0. The molecule has 0 spiro atoms. The molecule has 1 N–H and O–H groups in total. The molecule has 0 unspecified atom stereocenters. The number of fused-ring (bicyclic) bond motifs is 1. The third-order valence-corrected chi connectivity index (χ3v) is 5.02. The number of aromatic nitrogens is 3. The van der Waals surface area contributed by atoms with Gasteiger partial charge in [0.1, 0.15) is 17.2 Å². The van der Waals surface area contributed by atoms with Gasteiger partial charge >= 0.3 is 0 Å². The minimum atomic E-state index is 0. The van der Waals surface area contributed by atoms with E-state index in [0.29, 0.717) is 0 Å². The number of aromatic amines is 1. The summed E-state index contributed by atoms with van der Waals surface area (Å²) in [6.07, 6.45) is 4.58. The van der Waals surface area contributed by atoms with Gasteiger partial charge in [0.15, 0.2) is 0 Å². The fourth-order valence-corrected chi connectivity index (χ4v) is 3.52. The zero-order valence-corrected chi connectivity index (χ0v) is 15.6. The predicted octanol–water partition coefficient (Wildman–Crippen LogP) is 2.94. The van der Waals surface area contributed by atoms with Crippen molar-refractivity contribution in [2.75, 3.05) is 38.2 Å². The van der Waals surface area contributed by atoms with Crippen LogP contribution in [0.4, 0.5) is 5.82 Å². The number of carbonyl (C=O) groups is 1. The molecule has 1 aliphatic heterocycles. The van der Waals surface area contributed by atoms with Crippen LogP contribution in [0.3, 0.4) is 0 Å². The molecule has 1 amide bonds. The van der Waals surface area contributed by atoms with Gasteiger partial charge in [0, 0.05) is 51.7 Å². The summed E-state index contributed by atoms with van der Waals surface area (Å²) in [4.78, 5) is 28.3. The Bertz CT molecular complexity index is 974. The van der Waals surface area contributed by atoms with Crippen molar-refractivity contribution in [3.63, 3.8) is 0 Å². The molecule has 0 bridgehead atoms. The van der Waals surface area contributed by atoms with E-state index in [1.807, 2.05) is 35.4 Å². The minimum Gasteiger partial charge on any atom is -0.495 e. The first-order chi connectivity index (χ1) is 13.2. The van der Waals surface area contributed by atoms with Crippen molar-refractivity contribution in [1.82, 2.24) is 19.9 Å². The van der Waals surface area contributed by atoms with Crippen molar-refractivity contribution in [2.24, 2.45) is 0 Å². The number of H-pyrrole nitrogens is 1. The summed E-state index contributed by atoms with van der Waals surface area (Å²) in [5.74, 6) is 1.79. The van der Waals surface area contributed by atoms with Gasteiger partial charge in [0.2, 0.25) is 5.91 Å². The Morgan fingerprint density at radius 3 is 2.96 bits per heavy atom. The number of ether oxygens (including phenoxy) is 1. The highest BCUT2D eigenvalue weighted by molar-refractivity contribution is 5.93. The van der Waals surface area contributed by atoms with Crippen LogP contribution in [0.2, 0.25) is 0 Å². The number of amides is 1. The summed E-state index contributed by atoms with van der Waals surface area (Å²) in [5.41, 5.74) is 2.70. The topological polar surface area (TPSA) is 74.3 Å². The zero-order chi connectivity index (χ0) is 18.8. The van der Waals surface area contributed by atoms with Crippen molar-refractivity contribution in [3.05, 3.63) is 36.7 Å². The summed E-state index contributed by atoms with van der Waals surface area (Å²) in [5, 5.41) is 0.984. The van der Waals surface area contributed by atoms with Gasteiger partial charge in [-0.05, 0) is 24.6 Å². The second-order valence-electron chi connectivity index (χ2n) is 6.70. The molecule has 0 atom stereocenters. The third-order valence-electron chi connectivity index (χ3n) is 5.02. The highest BCUT2D eigenvalue weighted by atomic mass is 16.5. The van der Waals surface area contributed by atoms with Gasteiger partial charge in [0.25, 0.3) is 0 Å². The first-order valence-electron chi connectivity index (χ1n) is 9.15. The second kappa shape index (κ2) is 7.26. The molecule has 0 aliphatic carbocycles. The molecule has 0 aromatic carbocycles. The Morgan fingerprint density at radius 2 is 2.15 bits per heavy atom. The number of hydrogen-bond acceptors (Lipinski definition) is 5. The van der Waals surface area contributed by atoms with E-state index in [-0.39, 0.29) is 7.33 Å². The lowest BCUT2D eigenvalue weighted by Crippen LogP contribution is -2.33. The Morgan fingerprint density at radius 1 is 1.26 bits per heavy atom. The largest absolute Gasteiger partial charge is 0.495 e. The maximum absolute atomic E-state index is 11.7. The first-order valence-corrected chi connectivity index (χ1v) is 9.15. The maximum Gasteiger partial charge on any atom is 0.219 e. The molecule has 0 radical (unpaired) electrons. The van der Waals surface area contributed by atoms with E-state index in [2.05, 4.69) is 14.9 Å². The molecule has 1 saturated heterocycles. The fraction of sp³-hybridized carbons (Fsp3) is 0.350. The Kier molecular flexibility index (Phi) is 4.66. The van der Waals surface area contributed by atoms with Crippen LogP contribution in [0.15, 0.2) is 36.7 Å². The number of methoxy groups -OCH3 is 1. The molecule has 3 aromatic rings. The zero-order valence-electron chi connectivity index (χ0n) is 15.6. The summed E-state index contributed by atoms with van der Waals surface area (Å²) < 4.78 is 5.31. The number of hydrogen-bond donors (Lipinski definition) is 1. The molecule has 142 valence electrons. The van der Waals surface area contributed by atoms with Crippen molar-refractivity contribution >= 4 is 22.8 Å². The van der Waals surface area contributed by atoms with Gasteiger partial charge < -0.3 is 19.5 Å². The van der Waals surface area contributed by atoms with E-state index in [1.165, 1.54) is 0 Å². The van der Waals surface area contributed by atoms with E-state index in [4.69, 9.17) is 9.72 Å². The normalized spacial score (nSPS) is 15.0. The van der Waals surface area contributed by atoms with Gasteiger partial charge in [-0.1, -0.05) is 6.07 Å². The van der Waals surface area contributed by atoms with Crippen LogP contribution in [0.1, 0.15) is 14.8 Å². The average Bonchev–Trinajstić information content (AvgIpc) is 2.94. The molecule has 1 aliphatic rings. The first kappa shape index (κ1) is 17.3. The van der Waals surface area contributed by atoms with Crippen molar-refractivity contribution < 1.29 is 11.0 Å². The van der Waals surface area contributed by atoms with Gasteiger partial charge in [-0.2, -0.15) is 0 Å². The Hall–Kier alpha value is -3.09. The smallest absolute Gasteiger partial charge is 0.219 e. The van der Waals surface area contributed by atoms with E-state index in [1.54, 1.807) is 20.2 Å². The monoisotopic (exact) mass is 367 g/mol. The number of pyridine rings is 2. The predicted molar refractivity (Wildman–Crippen MR) is 107 cm³/mol. The SMILES string of the molecule is COc1cnc2[nH]cc(-c3cccc(N4CCCN(C(C)=O)CC4)n3)c2c1.[HH]. The third kappa shape index (κ3) is 3.45. The quantitative estimate of drug-likeness (QED) is 0.770. The van der Waals surface area contributed by atoms with Crippen LogP contribution in [0.5, 0.6) is 5.75 Å². The van der Waals surface area contributed by atoms with Gasteiger partial charge in [0.05, 0.1) is 19.0 Å². The van der Waals surface area contributed by atoms with Crippen LogP contribution in [0, 0.1) is 0 Å². The van der Waals surface area contributed by atoms with Crippen molar-refractivity contribution in [1.29, 1.82) is 0 Å². The minimum absolute atomic E-state index is 0. The molecule has 7 heteroatoms. The average molecular weight is 367 g/mol. The number of anilines is 1. The second-order valence-corrected chi connectivity index (χ2v) is 6.70. The van der Waals surface area contributed by atoms with Crippen LogP contribution in [-0.4, -0.2) is 59.0 Å². The number of carbonyl (C=O) groups excluding carboxylic acids is 1. The van der Waals surface area contributed by atoms with Crippen LogP contribution in [-0.2, 0) is 4.79 Å². The van der Waals surface area contributed by atoms with E-state index >= 15 is 0 Å². The van der Waals surface area contributed by atoms with E-state index in [0.717, 1.165) is 66.5 Å². The van der Waals surface area contributed by atoms with Gasteiger partial charge in [-0.3, -0.25) is 4.79 Å². The van der Waals surface area contributed by atoms with Crippen molar-refractivity contribution in [3.8, 4) is 17.0 Å². The molecule has 3 aromatic heterocycles. The Labute approximate surface area is 159 Å². The lowest BCUT2D eigenvalue weighted by molar-refractivity contribution is -0.128. The highest BCUT2D eigenvalue weighted by Gasteiger charge is 2.18. The van der Waals surface area contributed by atoms with E-state index in [9.17, 15) is 4.79 Å². The summed E-state index contributed by atoms with van der Waals surface area (Å²) in [7, 11) is 1.64. The molecule has 4 heterocycles. The number of nitrogens with zero attached hydrogens (tertiary/aromatic N) is 4. The highest BCUT2D eigenvalue weighted by Crippen LogP contribution is 2.30. The fourth-order valence-electron chi connectivity index (χ4n) is 3.52. The molecular formula is C20H25N5O2. The summed E-state index contributed by atoms with van der Waals surface area (Å²) in [6.45, 7) is 4.85.